The Kier molecular flexibility index (Phi) is 5.83. The summed E-state index contributed by atoms with van der Waals surface area (Å²) >= 11 is 0. The summed E-state index contributed by atoms with van der Waals surface area (Å²) in [5.41, 5.74) is 0.391. The number of carboxylic acid groups (broad SMARTS) is 1. The molecule has 1 atom stereocenters. The minimum Gasteiger partial charge on any atom is -0.497 e. The second-order valence-electron chi connectivity index (χ2n) is 4.72. The maximum absolute atomic E-state index is 11.9. The first-order valence-corrected chi connectivity index (χ1v) is 6.41. The van der Waals surface area contributed by atoms with Crippen molar-refractivity contribution in [1.29, 1.82) is 0 Å². The molecule has 0 bridgehead atoms. The monoisotopic (exact) mass is 296 g/mol. The molecular formula is C14H20N2O5. The molecule has 0 heterocycles. The number of carbonyl (C=O) groups is 2. The van der Waals surface area contributed by atoms with Gasteiger partial charge in [0.25, 0.3) is 0 Å². The van der Waals surface area contributed by atoms with Gasteiger partial charge in [-0.15, -0.1) is 0 Å². The zero-order valence-corrected chi connectivity index (χ0v) is 12.5. The molecule has 1 aromatic carbocycles. The number of anilines is 1. The van der Waals surface area contributed by atoms with E-state index in [0.29, 0.717) is 17.2 Å². The van der Waals surface area contributed by atoms with Crippen LogP contribution in [-0.4, -0.2) is 37.4 Å². The zero-order chi connectivity index (χ0) is 16.0. The Hall–Kier alpha value is -2.44. The summed E-state index contributed by atoms with van der Waals surface area (Å²) in [5.74, 6) is -0.328. The lowest BCUT2D eigenvalue weighted by molar-refractivity contribution is -0.140. The molecule has 0 fully saturated rings. The lowest BCUT2D eigenvalue weighted by Crippen LogP contribution is -2.46. The zero-order valence-electron chi connectivity index (χ0n) is 12.5. The average molecular weight is 296 g/mol. The Morgan fingerprint density at radius 3 is 2.33 bits per heavy atom. The molecule has 0 aliphatic rings. The first-order valence-electron chi connectivity index (χ1n) is 6.41. The predicted molar refractivity (Wildman–Crippen MR) is 78.0 cm³/mol. The van der Waals surface area contributed by atoms with Gasteiger partial charge < -0.3 is 25.2 Å². The van der Waals surface area contributed by atoms with Crippen molar-refractivity contribution in [2.75, 3.05) is 19.5 Å². The predicted octanol–water partition coefficient (Wildman–Crippen LogP) is 1.93. The first kappa shape index (κ1) is 16.6. The average Bonchev–Trinajstić information content (AvgIpc) is 2.43. The van der Waals surface area contributed by atoms with Crippen molar-refractivity contribution in [2.45, 2.75) is 19.9 Å². The fourth-order valence-electron chi connectivity index (χ4n) is 1.72. The van der Waals surface area contributed by atoms with E-state index >= 15 is 0 Å². The normalized spacial score (nSPS) is 11.7. The topological polar surface area (TPSA) is 96.9 Å². The van der Waals surface area contributed by atoms with Gasteiger partial charge in [0.15, 0.2) is 0 Å². The fraction of sp³-hybridized carbons (Fsp3) is 0.429. The van der Waals surface area contributed by atoms with Crippen LogP contribution in [0.3, 0.4) is 0 Å². The second kappa shape index (κ2) is 7.37. The molecule has 1 aromatic rings. The fourth-order valence-corrected chi connectivity index (χ4v) is 1.72. The summed E-state index contributed by atoms with van der Waals surface area (Å²) < 4.78 is 10.2. The number of carbonyl (C=O) groups excluding carboxylic acids is 1. The van der Waals surface area contributed by atoms with Crippen LogP contribution in [-0.2, 0) is 4.79 Å². The highest BCUT2D eigenvalue weighted by atomic mass is 16.5. The van der Waals surface area contributed by atoms with Crippen LogP contribution in [0.15, 0.2) is 18.2 Å². The maximum Gasteiger partial charge on any atom is 0.326 e. The maximum atomic E-state index is 11.9. The largest absolute Gasteiger partial charge is 0.497 e. The third-order valence-corrected chi connectivity index (χ3v) is 2.87. The molecule has 0 saturated heterocycles. The number of methoxy groups -OCH3 is 2. The number of urea groups is 1. The van der Waals surface area contributed by atoms with Gasteiger partial charge in [-0.2, -0.15) is 0 Å². The highest BCUT2D eigenvalue weighted by Gasteiger charge is 2.23. The number of rotatable bonds is 6. The molecule has 0 aliphatic carbocycles. The summed E-state index contributed by atoms with van der Waals surface area (Å²) in [6, 6.07) is 3.33. The number of aliphatic carboxylic acids is 1. The lowest BCUT2D eigenvalue weighted by Gasteiger charge is -2.19. The molecule has 7 nitrogen and oxygen atoms in total. The van der Waals surface area contributed by atoms with Crippen molar-refractivity contribution < 1.29 is 24.2 Å². The van der Waals surface area contributed by atoms with E-state index in [1.54, 1.807) is 32.0 Å². The molecule has 2 amide bonds. The number of hydrogen-bond donors (Lipinski definition) is 3. The van der Waals surface area contributed by atoms with Crippen LogP contribution < -0.4 is 20.1 Å². The second-order valence-corrected chi connectivity index (χ2v) is 4.72. The van der Waals surface area contributed by atoms with E-state index < -0.39 is 18.0 Å². The highest BCUT2D eigenvalue weighted by Crippen LogP contribution is 2.28. The number of carboxylic acids is 1. The molecule has 21 heavy (non-hydrogen) atoms. The molecule has 0 saturated carbocycles. The van der Waals surface area contributed by atoms with E-state index in [1.807, 2.05) is 0 Å². The minimum absolute atomic E-state index is 0.236. The van der Waals surface area contributed by atoms with E-state index in [0.717, 1.165) is 0 Å². The molecule has 1 rings (SSSR count). The van der Waals surface area contributed by atoms with Gasteiger partial charge in [0, 0.05) is 6.07 Å². The number of amides is 2. The van der Waals surface area contributed by atoms with Crippen LogP contribution in [0.4, 0.5) is 10.5 Å². The molecule has 7 heteroatoms. The van der Waals surface area contributed by atoms with Crippen LogP contribution >= 0.6 is 0 Å². The van der Waals surface area contributed by atoms with Gasteiger partial charge in [0.05, 0.1) is 19.9 Å². The molecule has 0 aliphatic heterocycles. The Morgan fingerprint density at radius 2 is 1.86 bits per heavy atom. The number of nitrogens with one attached hydrogen (secondary N) is 2. The van der Waals surface area contributed by atoms with Gasteiger partial charge in [-0.25, -0.2) is 9.59 Å². The van der Waals surface area contributed by atoms with E-state index in [4.69, 9.17) is 14.6 Å². The van der Waals surface area contributed by atoms with Crippen LogP contribution in [0.2, 0.25) is 0 Å². The summed E-state index contributed by atoms with van der Waals surface area (Å²) in [7, 11) is 2.98. The van der Waals surface area contributed by atoms with E-state index in [2.05, 4.69) is 10.6 Å². The van der Waals surface area contributed by atoms with Crippen molar-refractivity contribution in [3.8, 4) is 11.5 Å². The Balaban J connectivity index is 2.85. The number of benzene rings is 1. The Morgan fingerprint density at radius 1 is 1.19 bits per heavy atom. The van der Waals surface area contributed by atoms with Crippen LogP contribution in [0.25, 0.3) is 0 Å². The van der Waals surface area contributed by atoms with Gasteiger partial charge in [0.1, 0.15) is 17.5 Å². The van der Waals surface area contributed by atoms with E-state index in [1.165, 1.54) is 14.2 Å². The van der Waals surface area contributed by atoms with E-state index in [-0.39, 0.29) is 5.92 Å². The molecule has 0 radical (unpaired) electrons. The van der Waals surface area contributed by atoms with Crippen LogP contribution in [0.5, 0.6) is 11.5 Å². The Labute approximate surface area is 123 Å². The molecule has 116 valence electrons. The molecule has 3 N–H and O–H groups in total. The molecule has 0 aromatic heterocycles. The van der Waals surface area contributed by atoms with Gasteiger partial charge in [-0.05, 0) is 18.1 Å². The van der Waals surface area contributed by atoms with Crippen molar-refractivity contribution in [3.63, 3.8) is 0 Å². The molecule has 0 spiro atoms. The van der Waals surface area contributed by atoms with E-state index in [9.17, 15) is 9.59 Å². The van der Waals surface area contributed by atoms with Gasteiger partial charge in [0.2, 0.25) is 0 Å². The smallest absolute Gasteiger partial charge is 0.326 e. The molecular weight excluding hydrogens is 276 g/mol. The van der Waals surface area contributed by atoms with Gasteiger partial charge in [-0.3, -0.25) is 0 Å². The summed E-state index contributed by atoms with van der Waals surface area (Å²) in [5, 5.41) is 14.0. The number of ether oxygens (including phenoxy) is 2. The van der Waals surface area contributed by atoms with Gasteiger partial charge >= 0.3 is 12.0 Å². The highest BCUT2D eigenvalue weighted by molar-refractivity contribution is 5.93. The van der Waals surface area contributed by atoms with Crippen molar-refractivity contribution >= 4 is 17.7 Å². The van der Waals surface area contributed by atoms with Crippen LogP contribution in [0, 0.1) is 5.92 Å². The third-order valence-electron chi connectivity index (χ3n) is 2.87. The number of hydrogen-bond acceptors (Lipinski definition) is 4. The lowest BCUT2D eigenvalue weighted by atomic mass is 10.1. The summed E-state index contributed by atoms with van der Waals surface area (Å²) in [6.07, 6.45) is 0. The molecule has 0 unspecified atom stereocenters. The van der Waals surface area contributed by atoms with Crippen molar-refractivity contribution in [3.05, 3.63) is 18.2 Å². The minimum atomic E-state index is -1.09. The van der Waals surface area contributed by atoms with Crippen molar-refractivity contribution in [2.24, 2.45) is 5.92 Å². The first-order chi connectivity index (χ1) is 9.88. The van der Waals surface area contributed by atoms with Crippen LogP contribution in [0.1, 0.15) is 13.8 Å². The standard InChI is InChI=1S/C14H20N2O5/c1-8(2)12(13(17)18)16-14(19)15-10-7-9(20-3)5-6-11(10)21-4/h5-8,12H,1-4H3,(H,17,18)(H2,15,16,19)/t12-/m0/s1. The Bertz CT molecular complexity index is 516. The summed E-state index contributed by atoms with van der Waals surface area (Å²) in [4.78, 5) is 23.0. The third kappa shape index (κ3) is 4.55. The van der Waals surface area contributed by atoms with Gasteiger partial charge in [-0.1, -0.05) is 13.8 Å². The summed E-state index contributed by atoms with van der Waals surface area (Å²) in [6.45, 7) is 3.43. The van der Waals surface area contributed by atoms with Crippen molar-refractivity contribution in [1.82, 2.24) is 5.32 Å². The SMILES string of the molecule is COc1ccc(OC)c(NC(=O)N[C@H](C(=O)O)C(C)C)c1. The quantitative estimate of drug-likeness (QED) is 0.745.